The van der Waals surface area contributed by atoms with Gasteiger partial charge in [-0.3, -0.25) is 9.78 Å². The lowest BCUT2D eigenvalue weighted by Crippen LogP contribution is -2.34. The van der Waals surface area contributed by atoms with Crippen molar-refractivity contribution in [1.82, 2.24) is 15.6 Å². The van der Waals surface area contributed by atoms with Crippen LogP contribution in [0.1, 0.15) is 17.2 Å². The van der Waals surface area contributed by atoms with Gasteiger partial charge in [0.2, 0.25) is 5.91 Å². The predicted octanol–water partition coefficient (Wildman–Crippen LogP) is 1.72. The molecule has 2 unspecified atom stereocenters. The van der Waals surface area contributed by atoms with Crippen molar-refractivity contribution in [3.63, 3.8) is 0 Å². The number of hydrogen-bond donors (Lipinski definition) is 2. The highest BCUT2D eigenvalue weighted by Crippen LogP contribution is 2.36. The summed E-state index contributed by atoms with van der Waals surface area (Å²) >= 11 is 0. The number of benzene rings is 1. The van der Waals surface area contributed by atoms with Gasteiger partial charge in [0, 0.05) is 31.3 Å². The molecule has 132 valence electrons. The molecule has 0 radical (unpaired) electrons. The monoisotopic (exact) mass is 341 g/mol. The van der Waals surface area contributed by atoms with Gasteiger partial charge in [-0.1, -0.05) is 12.1 Å². The first-order valence-corrected chi connectivity index (χ1v) is 8.33. The molecule has 0 spiro atoms. The van der Waals surface area contributed by atoms with E-state index >= 15 is 0 Å². The van der Waals surface area contributed by atoms with Gasteiger partial charge in [0.25, 0.3) is 0 Å². The molecule has 6 nitrogen and oxygen atoms in total. The highest BCUT2D eigenvalue weighted by Gasteiger charge is 2.35. The van der Waals surface area contributed by atoms with E-state index < -0.39 is 0 Å². The van der Waals surface area contributed by atoms with E-state index in [4.69, 9.17) is 9.47 Å². The number of methoxy groups -OCH3 is 2. The van der Waals surface area contributed by atoms with Crippen molar-refractivity contribution in [3.05, 3.63) is 53.9 Å². The lowest BCUT2D eigenvalue weighted by molar-refractivity contribution is -0.125. The van der Waals surface area contributed by atoms with Gasteiger partial charge in [-0.25, -0.2) is 0 Å². The maximum atomic E-state index is 12.7. The third-order valence-electron chi connectivity index (χ3n) is 4.56. The Kier molecular flexibility index (Phi) is 5.50. The number of rotatable bonds is 6. The normalized spacial score (nSPS) is 19.4. The summed E-state index contributed by atoms with van der Waals surface area (Å²) in [6, 6.07) is 11.4. The minimum atomic E-state index is -0.147. The Bertz CT molecular complexity index is 721. The molecule has 2 N–H and O–H groups in total. The van der Waals surface area contributed by atoms with Crippen LogP contribution >= 0.6 is 0 Å². The van der Waals surface area contributed by atoms with E-state index in [9.17, 15) is 4.79 Å². The molecule has 0 bridgehead atoms. The van der Waals surface area contributed by atoms with Crippen LogP contribution in [0.5, 0.6) is 11.5 Å². The van der Waals surface area contributed by atoms with Crippen molar-refractivity contribution >= 4 is 5.91 Å². The highest BCUT2D eigenvalue weighted by atomic mass is 16.5. The fourth-order valence-electron chi connectivity index (χ4n) is 3.22. The Morgan fingerprint density at radius 2 is 2.12 bits per heavy atom. The summed E-state index contributed by atoms with van der Waals surface area (Å²) in [7, 11) is 3.26. The minimum absolute atomic E-state index is 0.0264. The minimum Gasteiger partial charge on any atom is -0.497 e. The van der Waals surface area contributed by atoms with Gasteiger partial charge >= 0.3 is 0 Å². The summed E-state index contributed by atoms with van der Waals surface area (Å²) in [6.07, 6.45) is 1.73. The molecule has 3 rings (SSSR count). The van der Waals surface area contributed by atoms with E-state index in [0.29, 0.717) is 13.1 Å². The Hall–Kier alpha value is -2.60. The van der Waals surface area contributed by atoms with Crippen LogP contribution < -0.4 is 20.1 Å². The second kappa shape index (κ2) is 7.98. The lowest BCUT2D eigenvalue weighted by atomic mass is 9.87. The van der Waals surface area contributed by atoms with Crippen LogP contribution in [0.3, 0.4) is 0 Å². The molecule has 1 aromatic carbocycles. The molecule has 1 saturated heterocycles. The molecule has 0 aliphatic carbocycles. The predicted molar refractivity (Wildman–Crippen MR) is 94.7 cm³/mol. The van der Waals surface area contributed by atoms with E-state index in [1.807, 2.05) is 36.4 Å². The number of pyridine rings is 1. The third-order valence-corrected chi connectivity index (χ3v) is 4.56. The first-order chi connectivity index (χ1) is 12.2. The van der Waals surface area contributed by atoms with Crippen molar-refractivity contribution in [1.29, 1.82) is 0 Å². The number of amides is 1. The van der Waals surface area contributed by atoms with Crippen molar-refractivity contribution < 1.29 is 14.3 Å². The number of carbonyl (C=O) groups is 1. The molecule has 2 atom stereocenters. The van der Waals surface area contributed by atoms with Crippen molar-refractivity contribution in [2.24, 2.45) is 5.92 Å². The SMILES string of the molecule is COc1ccc(C2CNCC2C(=O)NCc2ccccn2)c(OC)c1. The number of ether oxygens (including phenoxy) is 2. The average Bonchev–Trinajstić information content (AvgIpc) is 3.16. The van der Waals surface area contributed by atoms with Crippen LogP contribution in [0.15, 0.2) is 42.6 Å². The van der Waals surface area contributed by atoms with Crippen molar-refractivity contribution in [3.8, 4) is 11.5 Å². The molecule has 1 aliphatic rings. The van der Waals surface area contributed by atoms with Gasteiger partial charge in [0.15, 0.2) is 0 Å². The Balaban J connectivity index is 1.73. The number of hydrogen-bond acceptors (Lipinski definition) is 5. The maximum Gasteiger partial charge on any atom is 0.225 e. The zero-order chi connectivity index (χ0) is 17.6. The second-order valence-corrected chi connectivity index (χ2v) is 6.02. The zero-order valence-corrected chi connectivity index (χ0v) is 14.5. The van der Waals surface area contributed by atoms with Gasteiger partial charge in [0.1, 0.15) is 11.5 Å². The highest BCUT2D eigenvalue weighted by molar-refractivity contribution is 5.80. The van der Waals surface area contributed by atoms with E-state index in [1.54, 1.807) is 20.4 Å². The molecule has 25 heavy (non-hydrogen) atoms. The topological polar surface area (TPSA) is 72.5 Å². The quantitative estimate of drug-likeness (QED) is 0.837. The molecule has 1 aliphatic heterocycles. The molecule has 1 aromatic heterocycles. The Labute approximate surface area is 147 Å². The summed E-state index contributed by atoms with van der Waals surface area (Å²) in [5, 5.41) is 6.31. The Morgan fingerprint density at radius 1 is 1.24 bits per heavy atom. The molecular formula is C19H23N3O3. The van der Waals surface area contributed by atoms with Gasteiger partial charge in [0.05, 0.1) is 32.4 Å². The van der Waals surface area contributed by atoms with Gasteiger partial charge < -0.3 is 20.1 Å². The van der Waals surface area contributed by atoms with Crippen LogP contribution in [0.2, 0.25) is 0 Å². The van der Waals surface area contributed by atoms with Crippen LogP contribution in [0, 0.1) is 5.92 Å². The number of aromatic nitrogens is 1. The van der Waals surface area contributed by atoms with Gasteiger partial charge in [-0.2, -0.15) is 0 Å². The van der Waals surface area contributed by atoms with Crippen LogP contribution in [-0.4, -0.2) is 38.2 Å². The summed E-state index contributed by atoms with van der Waals surface area (Å²) in [4.78, 5) is 16.9. The van der Waals surface area contributed by atoms with Crippen molar-refractivity contribution in [2.45, 2.75) is 12.5 Å². The molecular weight excluding hydrogens is 318 g/mol. The van der Waals surface area contributed by atoms with Crippen molar-refractivity contribution in [2.75, 3.05) is 27.3 Å². The number of nitrogens with one attached hydrogen (secondary N) is 2. The smallest absolute Gasteiger partial charge is 0.225 e. The first kappa shape index (κ1) is 17.2. The summed E-state index contributed by atoms with van der Waals surface area (Å²) in [5.74, 6) is 1.42. The zero-order valence-electron chi connectivity index (χ0n) is 14.5. The molecule has 2 aromatic rings. The van der Waals surface area contributed by atoms with E-state index in [0.717, 1.165) is 29.3 Å². The maximum absolute atomic E-state index is 12.7. The van der Waals surface area contributed by atoms with Crippen LogP contribution in [-0.2, 0) is 11.3 Å². The fraction of sp³-hybridized carbons (Fsp3) is 0.368. The van der Waals surface area contributed by atoms with E-state index in [2.05, 4.69) is 15.6 Å². The summed E-state index contributed by atoms with van der Waals surface area (Å²) < 4.78 is 10.8. The molecule has 1 fully saturated rings. The standard InChI is InChI=1S/C19H23N3O3/c1-24-14-6-7-15(18(9-14)25-2)16-11-20-12-17(16)19(23)22-10-13-5-3-4-8-21-13/h3-9,16-17,20H,10-12H2,1-2H3,(H,22,23). The molecule has 0 saturated carbocycles. The van der Waals surface area contributed by atoms with Gasteiger partial charge in [-0.05, 0) is 23.8 Å². The molecule has 2 heterocycles. The second-order valence-electron chi connectivity index (χ2n) is 6.02. The summed E-state index contributed by atoms with van der Waals surface area (Å²) in [5.41, 5.74) is 1.87. The van der Waals surface area contributed by atoms with Crippen LogP contribution in [0.25, 0.3) is 0 Å². The van der Waals surface area contributed by atoms with Gasteiger partial charge in [-0.15, -0.1) is 0 Å². The molecule has 6 heteroatoms. The number of nitrogens with zero attached hydrogens (tertiary/aromatic N) is 1. The number of carbonyl (C=O) groups excluding carboxylic acids is 1. The largest absolute Gasteiger partial charge is 0.497 e. The fourth-order valence-corrected chi connectivity index (χ4v) is 3.22. The molecule has 1 amide bonds. The summed E-state index contributed by atoms with van der Waals surface area (Å²) in [6.45, 7) is 1.82. The van der Waals surface area contributed by atoms with E-state index in [1.165, 1.54) is 0 Å². The first-order valence-electron chi connectivity index (χ1n) is 8.33. The average molecular weight is 341 g/mol. The van der Waals surface area contributed by atoms with Crippen LogP contribution in [0.4, 0.5) is 0 Å². The third kappa shape index (κ3) is 3.91. The van der Waals surface area contributed by atoms with E-state index in [-0.39, 0.29) is 17.7 Å². The lowest BCUT2D eigenvalue weighted by Gasteiger charge is -2.21. The Morgan fingerprint density at radius 3 is 2.84 bits per heavy atom.